The highest BCUT2D eigenvalue weighted by Gasteiger charge is 2.36. The molecule has 0 amide bonds. The van der Waals surface area contributed by atoms with Gasteiger partial charge in [0.1, 0.15) is 6.10 Å². The van der Waals surface area contributed by atoms with Gasteiger partial charge in [-0.1, -0.05) is 11.6 Å². The van der Waals surface area contributed by atoms with Crippen molar-refractivity contribution in [3.8, 4) is 0 Å². The van der Waals surface area contributed by atoms with Gasteiger partial charge in [0.05, 0.1) is 6.04 Å². The van der Waals surface area contributed by atoms with E-state index in [4.69, 9.17) is 9.26 Å². The van der Waals surface area contributed by atoms with Gasteiger partial charge in [-0.3, -0.25) is 0 Å². The van der Waals surface area contributed by atoms with Crippen LogP contribution in [-0.4, -0.2) is 23.8 Å². The van der Waals surface area contributed by atoms with Gasteiger partial charge in [-0.05, 0) is 38.1 Å². The largest absolute Gasteiger partial charge is 0.373 e. The molecule has 17 heavy (non-hydrogen) atoms. The molecule has 1 aliphatic carbocycles. The summed E-state index contributed by atoms with van der Waals surface area (Å²) in [4.78, 5) is 4.50. The van der Waals surface area contributed by atoms with E-state index in [1.807, 2.05) is 0 Å². The molecule has 1 aromatic heterocycles. The molecule has 0 radical (unpaired) electrons. The maximum absolute atomic E-state index is 5.46. The van der Waals surface area contributed by atoms with Crippen LogP contribution in [0.2, 0.25) is 0 Å². The fourth-order valence-electron chi connectivity index (χ4n) is 2.47. The normalized spacial score (nSPS) is 27.0. The standard InChI is InChI=1S/C12H19N3O2/c1-16-10(8-5-6-8)11-14-12(17-15-11)9-4-2-3-7-13-9/h8-10,13H,2-7H2,1H3. The van der Waals surface area contributed by atoms with E-state index in [1.54, 1.807) is 7.11 Å². The van der Waals surface area contributed by atoms with Gasteiger partial charge in [-0.15, -0.1) is 0 Å². The van der Waals surface area contributed by atoms with Crippen LogP contribution in [0.3, 0.4) is 0 Å². The van der Waals surface area contributed by atoms with E-state index in [0.29, 0.717) is 5.92 Å². The van der Waals surface area contributed by atoms with Gasteiger partial charge in [-0.2, -0.15) is 4.98 Å². The average molecular weight is 237 g/mol. The van der Waals surface area contributed by atoms with Crippen molar-refractivity contribution in [1.82, 2.24) is 15.5 Å². The van der Waals surface area contributed by atoms with Crippen molar-refractivity contribution in [2.75, 3.05) is 13.7 Å². The minimum Gasteiger partial charge on any atom is -0.373 e. The van der Waals surface area contributed by atoms with Gasteiger partial charge in [-0.25, -0.2) is 0 Å². The van der Waals surface area contributed by atoms with Crippen molar-refractivity contribution in [2.24, 2.45) is 5.92 Å². The zero-order valence-corrected chi connectivity index (χ0v) is 10.2. The fourth-order valence-corrected chi connectivity index (χ4v) is 2.47. The summed E-state index contributed by atoms with van der Waals surface area (Å²) in [6.45, 7) is 1.04. The van der Waals surface area contributed by atoms with Gasteiger partial charge in [0, 0.05) is 7.11 Å². The monoisotopic (exact) mass is 237 g/mol. The highest BCUT2D eigenvalue weighted by Crippen LogP contribution is 2.42. The molecular weight excluding hydrogens is 218 g/mol. The van der Waals surface area contributed by atoms with Gasteiger partial charge in [0.15, 0.2) is 0 Å². The van der Waals surface area contributed by atoms with Crippen LogP contribution in [0.15, 0.2) is 4.52 Å². The molecule has 0 bridgehead atoms. The summed E-state index contributed by atoms with van der Waals surface area (Å²) in [7, 11) is 1.72. The van der Waals surface area contributed by atoms with Crippen LogP contribution in [0, 0.1) is 5.92 Å². The fraction of sp³-hybridized carbons (Fsp3) is 0.833. The van der Waals surface area contributed by atoms with Crippen molar-refractivity contribution in [2.45, 2.75) is 44.2 Å². The number of methoxy groups -OCH3 is 1. The van der Waals surface area contributed by atoms with Gasteiger partial charge in [0.25, 0.3) is 0 Å². The van der Waals surface area contributed by atoms with Crippen molar-refractivity contribution in [3.63, 3.8) is 0 Å². The molecule has 1 saturated heterocycles. The molecule has 0 aromatic carbocycles. The van der Waals surface area contributed by atoms with E-state index in [2.05, 4.69) is 15.5 Å². The lowest BCUT2D eigenvalue weighted by atomic mass is 10.1. The first-order valence-corrected chi connectivity index (χ1v) is 6.48. The molecule has 1 aliphatic heterocycles. The smallest absolute Gasteiger partial charge is 0.243 e. The second-order valence-corrected chi connectivity index (χ2v) is 4.99. The minimum atomic E-state index is 0.0242. The number of ether oxygens (including phenoxy) is 1. The molecule has 5 nitrogen and oxygen atoms in total. The summed E-state index contributed by atoms with van der Waals surface area (Å²) in [6.07, 6.45) is 6.00. The van der Waals surface area contributed by atoms with Gasteiger partial charge >= 0.3 is 0 Å². The Balaban J connectivity index is 1.72. The van der Waals surface area contributed by atoms with E-state index < -0.39 is 0 Å². The van der Waals surface area contributed by atoms with Crippen LogP contribution in [0.25, 0.3) is 0 Å². The second kappa shape index (κ2) is 4.74. The summed E-state index contributed by atoms with van der Waals surface area (Å²) < 4.78 is 10.8. The maximum atomic E-state index is 5.46. The summed E-state index contributed by atoms with van der Waals surface area (Å²) >= 11 is 0. The van der Waals surface area contributed by atoms with Gasteiger partial charge < -0.3 is 14.6 Å². The molecule has 1 aromatic rings. The molecule has 3 rings (SSSR count). The Bertz CT molecular complexity index is 370. The van der Waals surface area contributed by atoms with Gasteiger partial charge in [0.2, 0.25) is 11.7 Å². The molecular formula is C12H19N3O2. The van der Waals surface area contributed by atoms with Crippen molar-refractivity contribution >= 4 is 0 Å². The molecule has 5 heteroatoms. The first-order chi connectivity index (χ1) is 8.38. The third kappa shape index (κ3) is 2.35. The summed E-state index contributed by atoms with van der Waals surface area (Å²) in [5.41, 5.74) is 0. The van der Waals surface area contributed by atoms with E-state index in [9.17, 15) is 0 Å². The highest BCUT2D eigenvalue weighted by molar-refractivity contribution is 5.01. The third-order valence-electron chi connectivity index (χ3n) is 3.62. The summed E-state index contributed by atoms with van der Waals surface area (Å²) in [6, 6.07) is 0.238. The summed E-state index contributed by atoms with van der Waals surface area (Å²) in [5.74, 6) is 2.03. The average Bonchev–Trinajstić information content (AvgIpc) is 3.09. The van der Waals surface area contributed by atoms with Crippen molar-refractivity contribution in [1.29, 1.82) is 0 Å². The van der Waals surface area contributed by atoms with Crippen molar-refractivity contribution < 1.29 is 9.26 Å². The lowest BCUT2D eigenvalue weighted by Crippen LogP contribution is -2.27. The number of piperidine rings is 1. The second-order valence-electron chi connectivity index (χ2n) is 4.99. The quantitative estimate of drug-likeness (QED) is 0.867. The lowest BCUT2D eigenvalue weighted by Gasteiger charge is -2.19. The Morgan fingerprint density at radius 3 is 2.88 bits per heavy atom. The Labute approximate surface area is 101 Å². The zero-order chi connectivity index (χ0) is 11.7. The van der Waals surface area contributed by atoms with Crippen LogP contribution in [-0.2, 0) is 4.74 Å². The lowest BCUT2D eigenvalue weighted by molar-refractivity contribution is 0.0751. The zero-order valence-electron chi connectivity index (χ0n) is 10.2. The number of nitrogens with one attached hydrogen (secondary N) is 1. The van der Waals surface area contributed by atoms with Crippen LogP contribution >= 0.6 is 0 Å². The molecule has 2 heterocycles. The minimum absolute atomic E-state index is 0.0242. The van der Waals surface area contributed by atoms with Crippen LogP contribution in [0.1, 0.15) is 56.0 Å². The van der Waals surface area contributed by atoms with Crippen LogP contribution < -0.4 is 5.32 Å². The molecule has 94 valence electrons. The predicted molar refractivity (Wildman–Crippen MR) is 61.4 cm³/mol. The molecule has 2 unspecified atom stereocenters. The number of aromatic nitrogens is 2. The topological polar surface area (TPSA) is 60.2 Å². The number of rotatable bonds is 4. The maximum Gasteiger partial charge on any atom is 0.243 e. The predicted octanol–water partition coefficient (Wildman–Crippen LogP) is 1.98. The Hall–Kier alpha value is -0.940. The van der Waals surface area contributed by atoms with Crippen LogP contribution in [0.5, 0.6) is 0 Å². The third-order valence-corrected chi connectivity index (χ3v) is 3.62. The molecule has 0 spiro atoms. The molecule has 2 aliphatic rings. The first kappa shape index (κ1) is 11.2. The SMILES string of the molecule is COC(c1noc(C2CCCCN2)n1)C1CC1. The Kier molecular flexibility index (Phi) is 3.11. The molecule has 1 N–H and O–H groups in total. The molecule has 2 atom stereocenters. The Morgan fingerprint density at radius 2 is 2.24 bits per heavy atom. The molecule has 1 saturated carbocycles. The van der Waals surface area contributed by atoms with E-state index in [-0.39, 0.29) is 12.1 Å². The van der Waals surface area contributed by atoms with E-state index >= 15 is 0 Å². The molecule has 2 fully saturated rings. The van der Waals surface area contributed by atoms with Crippen molar-refractivity contribution in [3.05, 3.63) is 11.7 Å². The van der Waals surface area contributed by atoms with E-state index in [0.717, 1.165) is 24.7 Å². The van der Waals surface area contributed by atoms with E-state index in [1.165, 1.54) is 25.7 Å². The summed E-state index contributed by atoms with van der Waals surface area (Å²) in [5, 5.41) is 7.49. The number of hydrogen-bond donors (Lipinski definition) is 1. The first-order valence-electron chi connectivity index (χ1n) is 6.48. The Morgan fingerprint density at radius 1 is 1.35 bits per heavy atom. The van der Waals surface area contributed by atoms with Crippen LogP contribution in [0.4, 0.5) is 0 Å². The number of nitrogens with zero attached hydrogens (tertiary/aromatic N) is 2. The highest BCUT2D eigenvalue weighted by atomic mass is 16.5. The number of hydrogen-bond acceptors (Lipinski definition) is 5.